The van der Waals surface area contributed by atoms with Gasteiger partial charge in [-0.1, -0.05) is 17.7 Å². The van der Waals surface area contributed by atoms with Crippen LogP contribution in [0.3, 0.4) is 0 Å². The molecular formula is C24H28N2O4. The van der Waals surface area contributed by atoms with Crippen molar-refractivity contribution in [2.24, 2.45) is 0 Å². The number of amides is 1. The average Bonchev–Trinajstić information content (AvgIpc) is 3.28. The van der Waals surface area contributed by atoms with Gasteiger partial charge in [0.15, 0.2) is 6.10 Å². The SMILES string of the molecule is Cc1cc(C)c(NC(=O)[C@H](C)OC(=O)c2cc(C)n(Cc3ccco3)c2C)c(C)c1. The number of benzene rings is 1. The number of nitrogens with one attached hydrogen (secondary N) is 1. The second kappa shape index (κ2) is 8.61. The Labute approximate surface area is 176 Å². The fraction of sp³-hybridized carbons (Fsp3) is 0.333. The van der Waals surface area contributed by atoms with Crippen molar-refractivity contribution in [3.63, 3.8) is 0 Å². The summed E-state index contributed by atoms with van der Waals surface area (Å²) in [5.74, 6) is -0.0788. The highest BCUT2D eigenvalue weighted by atomic mass is 16.5. The number of carbonyl (C=O) groups excluding carboxylic acids is 2. The Bertz CT molecular complexity index is 1050. The number of ether oxygens (including phenoxy) is 1. The molecule has 0 aliphatic carbocycles. The van der Waals surface area contributed by atoms with E-state index in [1.54, 1.807) is 19.3 Å². The van der Waals surface area contributed by atoms with Crippen LogP contribution in [-0.2, 0) is 16.1 Å². The van der Waals surface area contributed by atoms with Gasteiger partial charge in [0.1, 0.15) is 5.76 Å². The second-order valence-corrected chi connectivity index (χ2v) is 7.76. The third-order valence-corrected chi connectivity index (χ3v) is 5.27. The topological polar surface area (TPSA) is 73.5 Å². The van der Waals surface area contributed by atoms with Crippen molar-refractivity contribution in [1.29, 1.82) is 0 Å². The maximum atomic E-state index is 12.7. The lowest BCUT2D eigenvalue weighted by molar-refractivity contribution is -0.123. The van der Waals surface area contributed by atoms with Crippen LogP contribution in [0, 0.1) is 34.6 Å². The second-order valence-electron chi connectivity index (χ2n) is 7.76. The lowest BCUT2D eigenvalue weighted by Gasteiger charge is -2.17. The van der Waals surface area contributed by atoms with E-state index in [-0.39, 0.29) is 5.91 Å². The zero-order chi connectivity index (χ0) is 22.0. The molecule has 0 spiro atoms. The summed E-state index contributed by atoms with van der Waals surface area (Å²) >= 11 is 0. The molecule has 6 nitrogen and oxygen atoms in total. The minimum atomic E-state index is -0.925. The molecule has 1 aromatic carbocycles. The van der Waals surface area contributed by atoms with Gasteiger partial charge in [-0.2, -0.15) is 0 Å². The van der Waals surface area contributed by atoms with Crippen LogP contribution >= 0.6 is 0 Å². The molecular weight excluding hydrogens is 380 g/mol. The van der Waals surface area contributed by atoms with E-state index < -0.39 is 12.1 Å². The summed E-state index contributed by atoms with van der Waals surface area (Å²) < 4.78 is 12.9. The Morgan fingerprint density at radius 3 is 2.37 bits per heavy atom. The summed E-state index contributed by atoms with van der Waals surface area (Å²) in [6.45, 7) is 11.8. The minimum Gasteiger partial charge on any atom is -0.467 e. The maximum Gasteiger partial charge on any atom is 0.340 e. The van der Waals surface area contributed by atoms with Crippen molar-refractivity contribution in [3.05, 3.63) is 76.0 Å². The first-order valence-electron chi connectivity index (χ1n) is 9.96. The van der Waals surface area contributed by atoms with Gasteiger partial charge in [0.2, 0.25) is 0 Å². The van der Waals surface area contributed by atoms with Crippen LogP contribution in [0.1, 0.15) is 51.1 Å². The number of anilines is 1. The lowest BCUT2D eigenvalue weighted by Crippen LogP contribution is -2.30. The Hall–Kier alpha value is -3.28. The number of rotatable bonds is 6. The quantitative estimate of drug-likeness (QED) is 0.592. The molecule has 0 aliphatic rings. The van der Waals surface area contributed by atoms with Crippen molar-refractivity contribution >= 4 is 17.6 Å². The van der Waals surface area contributed by atoms with Crippen molar-refractivity contribution < 1.29 is 18.7 Å². The zero-order valence-electron chi connectivity index (χ0n) is 18.3. The number of hydrogen-bond acceptors (Lipinski definition) is 4. The molecule has 0 unspecified atom stereocenters. The van der Waals surface area contributed by atoms with Crippen molar-refractivity contribution in [2.45, 2.75) is 54.2 Å². The smallest absolute Gasteiger partial charge is 0.340 e. The van der Waals surface area contributed by atoms with E-state index in [1.165, 1.54) is 0 Å². The molecule has 158 valence electrons. The zero-order valence-corrected chi connectivity index (χ0v) is 18.3. The summed E-state index contributed by atoms with van der Waals surface area (Å²) in [6, 6.07) is 9.51. The molecule has 0 saturated heterocycles. The Balaban J connectivity index is 1.70. The number of hydrogen-bond donors (Lipinski definition) is 1. The van der Waals surface area contributed by atoms with Crippen molar-refractivity contribution in [1.82, 2.24) is 4.57 Å². The van der Waals surface area contributed by atoms with Gasteiger partial charge in [0.05, 0.1) is 18.4 Å². The molecule has 30 heavy (non-hydrogen) atoms. The Morgan fingerprint density at radius 2 is 1.77 bits per heavy atom. The number of nitrogens with zero attached hydrogens (tertiary/aromatic N) is 1. The van der Waals surface area contributed by atoms with Crippen LogP contribution in [0.25, 0.3) is 0 Å². The van der Waals surface area contributed by atoms with E-state index in [0.717, 1.165) is 39.5 Å². The first kappa shape index (κ1) is 21.4. The van der Waals surface area contributed by atoms with Crippen molar-refractivity contribution in [3.8, 4) is 0 Å². The van der Waals surface area contributed by atoms with Gasteiger partial charge in [-0.3, -0.25) is 4.79 Å². The van der Waals surface area contributed by atoms with Crippen molar-refractivity contribution in [2.75, 3.05) is 5.32 Å². The molecule has 3 aromatic rings. The fourth-order valence-electron chi connectivity index (χ4n) is 3.69. The fourth-order valence-corrected chi connectivity index (χ4v) is 3.69. The highest BCUT2D eigenvalue weighted by Gasteiger charge is 2.23. The van der Waals surface area contributed by atoms with Crippen LogP contribution in [0.15, 0.2) is 41.0 Å². The number of esters is 1. The van der Waals surface area contributed by atoms with Gasteiger partial charge < -0.3 is 19.0 Å². The Morgan fingerprint density at radius 1 is 1.10 bits per heavy atom. The summed E-state index contributed by atoms with van der Waals surface area (Å²) in [6.07, 6.45) is 0.696. The van der Waals surface area contributed by atoms with E-state index in [9.17, 15) is 9.59 Å². The summed E-state index contributed by atoms with van der Waals surface area (Å²) in [5, 5.41) is 2.89. The summed E-state index contributed by atoms with van der Waals surface area (Å²) in [4.78, 5) is 25.4. The standard InChI is InChI=1S/C24H28N2O4/c1-14-10-15(2)22(16(3)11-14)25-23(27)19(6)30-24(28)21-12-17(4)26(18(21)5)13-20-8-7-9-29-20/h7-12,19H,13H2,1-6H3,(H,25,27)/t19-/m0/s1. The molecule has 1 amide bonds. The molecule has 6 heteroatoms. The molecule has 0 bridgehead atoms. The van der Waals surface area contributed by atoms with Gasteiger partial charge in [-0.15, -0.1) is 0 Å². The number of carbonyl (C=O) groups is 2. The number of aromatic nitrogens is 1. The minimum absolute atomic E-state index is 0.359. The lowest BCUT2D eigenvalue weighted by atomic mass is 10.0. The molecule has 1 N–H and O–H groups in total. The average molecular weight is 408 g/mol. The molecule has 1 atom stereocenters. The normalized spacial score (nSPS) is 11.9. The van der Waals surface area contributed by atoms with Crippen LogP contribution in [0.2, 0.25) is 0 Å². The van der Waals surface area contributed by atoms with Crippen LogP contribution in [0.4, 0.5) is 5.69 Å². The highest BCUT2D eigenvalue weighted by molar-refractivity contribution is 5.98. The third kappa shape index (κ3) is 4.48. The molecule has 0 saturated carbocycles. The number of aryl methyl sites for hydroxylation is 4. The first-order chi connectivity index (χ1) is 14.2. The molecule has 0 fully saturated rings. The van der Waals surface area contributed by atoms with Crippen LogP contribution in [0.5, 0.6) is 0 Å². The van der Waals surface area contributed by atoms with E-state index in [4.69, 9.17) is 9.15 Å². The first-order valence-corrected chi connectivity index (χ1v) is 9.96. The third-order valence-electron chi connectivity index (χ3n) is 5.27. The van der Waals surface area contributed by atoms with Gasteiger partial charge in [0, 0.05) is 17.1 Å². The van der Waals surface area contributed by atoms with Gasteiger partial charge in [0.25, 0.3) is 5.91 Å². The van der Waals surface area contributed by atoms with E-state index >= 15 is 0 Å². The van der Waals surface area contributed by atoms with E-state index in [2.05, 4.69) is 5.32 Å². The molecule has 3 rings (SSSR count). The van der Waals surface area contributed by atoms with E-state index in [1.807, 2.05) is 63.5 Å². The van der Waals surface area contributed by atoms with Gasteiger partial charge in [-0.25, -0.2) is 4.79 Å². The monoisotopic (exact) mass is 408 g/mol. The largest absolute Gasteiger partial charge is 0.467 e. The predicted octanol–water partition coefficient (Wildman–Crippen LogP) is 4.86. The summed E-state index contributed by atoms with van der Waals surface area (Å²) in [5.41, 5.74) is 5.96. The molecule has 2 heterocycles. The van der Waals surface area contributed by atoms with E-state index in [0.29, 0.717) is 12.1 Å². The Kier molecular flexibility index (Phi) is 6.15. The summed E-state index contributed by atoms with van der Waals surface area (Å²) in [7, 11) is 0. The number of furan rings is 1. The molecule has 0 radical (unpaired) electrons. The van der Waals surface area contributed by atoms with Gasteiger partial charge >= 0.3 is 5.97 Å². The van der Waals surface area contributed by atoms with Gasteiger partial charge in [-0.05, 0) is 70.9 Å². The maximum absolute atomic E-state index is 12.7. The van der Waals surface area contributed by atoms with Crippen LogP contribution < -0.4 is 5.32 Å². The highest BCUT2D eigenvalue weighted by Crippen LogP contribution is 2.23. The van der Waals surface area contributed by atoms with Crippen LogP contribution in [-0.4, -0.2) is 22.5 Å². The molecule has 2 aromatic heterocycles. The molecule has 0 aliphatic heterocycles. The predicted molar refractivity (Wildman–Crippen MR) is 116 cm³/mol.